The zero-order valence-corrected chi connectivity index (χ0v) is 14.0. The average Bonchev–Trinajstić information content (AvgIpc) is 2.53. The molecule has 0 heterocycles. The monoisotopic (exact) mass is 347 g/mol. The summed E-state index contributed by atoms with van der Waals surface area (Å²) in [6.07, 6.45) is 0.414. The molecule has 2 aromatic rings. The molecule has 2 aromatic carbocycles. The first-order valence-corrected chi connectivity index (χ1v) is 7.86. The number of ether oxygens (including phenoxy) is 1. The Hall–Kier alpha value is -2.76. The quantitative estimate of drug-likeness (QED) is 0.763. The maximum atomic E-state index is 13.5. The van der Waals surface area contributed by atoms with E-state index < -0.39 is 11.6 Å². The van der Waals surface area contributed by atoms with Crippen LogP contribution in [0.4, 0.5) is 14.5 Å². The molecule has 0 aromatic heterocycles. The van der Waals surface area contributed by atoms with Crippen molar-refractivity contribution in [1.82, 2.24) is 0 Å². The van der Waals surface area contributed by atoms with E-state index >= 15 is 0 Å². The van der Waals surface area contributed by atoms with Gasteiger partial charge in [-0.25, -0.2) is 8.78 Å². The van der Waals surface area contributed by atoms with Crippen LogP contribution in [0.1, 0.15) is 30.6 Å². The molecule has 0 bridgehead atoms. The predicted octanol–water partition coefficient (Wildman–Crippen LogP) is 4.21. The highest BCUT2D eigenvalue weighted by Crippen LogP contribution is 2.18. The third-order valence-electron chi connectivity index (χ3n) is 3.34. The summed E-state index contributed by atoms with van der Waals surface area (Å²) in [5, 5.41) is 2.74. The Morgan fingerprint density at radius 2 is 1.76 bits per heavy atom. The number of anilines is 1. The van der Waals surface area contributed by atoms with Crippen LogP contribution in [0.2, 0.25) is 0 Å². The molecule has 0 aliphatic carbocycles. The first-order chi connectivity index (χ1) is 11.8. The number of amides is 1. The number of hydrogen-bond acceptors (Lipinski definition) is 3. The Labute approximate surface area is 144 Å². The van der Waals surface area contributed by atoms with Gasteiger partial charge in [0.1, 0.15) is 5.82 Å². The van der Waals surface area contributed by atoms with Crippen molar-refractivity contribution in [2.45, 2.75) is 20.3 Å². The Kier molecular flexibility index (Phi) is 6.22. The molecule has 0 fully saturated rings. The number of carbonyl (C=O) groups excluding carboxylic acids is 2. The van der Waals surface area contributed by atoms with Gasteiger partial charge in [0.25, 0.3) is 0 Å². The second-order valence-corrected chi connectivity index (χ2v) is 6.01. The van der Waals surface area contributed by atoms with Crippen molar-refractivity contribution in [3.63, 3.8) is 0 Å². The van der Waals surface area contributed by atoms with E-state index in [2.05, 4.69) is 5.32 Å². The van der Waals surface area contributed by atoms with Crippen molar-refractivity contribution in [2.24, 2.45) is 5.92 Å². The molecule has 0 saturated carbocycles. The zero-order chi connectivity index (χ0) is 18.4. The van der Waals surface area contributed by atoms with E-state index in [1.54, 1.807) is 24.3 Å². The van der Waals surface area contributed by atoms with Crippen LogP contribution >= 0.6 is 0 Å². The lowest BCUT2D eigenvalue weighted by molar-refractivity contribution is -0.116. The van der Waals surface area contributed by atoms with E-state index in [4.69, 9.17) is 4.74 Å². The van der Waals surface area contributed by atoms with Gasteiger partial charge in [0.15, 0.2) is 24.0 Å². The van der Waals surface area contributed by atoms with E-state index in [1.807, 2.05) is 13.8 Å². The van der Waals surface area contributed by atoms with Crippen LogP contribution < -0.4 is 10.1 Å². The smallest absolute Gasteiger partial charge is 0.224 e. The second-order valence-electron chi connectivity index (χ2n) is 6.01. The van der Waals surface area contributed by atoms with Crippen molar-refractivity contribution in [1.29, 1.82) is 0 Å². The maximum Gasteiger partial charge on any atom is 0.224 e. The summed E-state index contributed by atoms with van der Waals surface area (Å²) in [5.74, 6) is -1.97. The van der Waals surface area contributed by atoms with Gasteiger partial charge in [0.05, 0.1) is 0 Å². The number of carbonyl (C=O) groups is 2. The third-order valence-corrected chi connectivity index (χ3v) is 3.34. The highest BCUT2D eigenvalue weighted by molar-refractivity contribution is 5.98. The van der Waals surface area contributed by atoms with E-state index in [-0.39, 0.29) is 30.0 Å². The molecule has 0 radical (unpaired) electrons. The number of rotatable bonds is 7. The molecule has 132 valence electrons. The number of ketones is 1. The van der Waals surface area contributed by atoms with Crippen LogP contribution in [-0.4, -0.2) is 18.3 Å². The van der Waals surface area contributed by atoms with Crippen LogP contribution in [0.25, 0.3) is 0 Å². The van der Waals surface area contributed by atoms with Gasteiger partial charge in [0.2, 0.25) is 5.91 Å². The van der Waals surface area contributed by atoms with Crippen LogP contribution in [0, 0.1) is 17.6 Å². The molecular weight excluding hydrogens is 328 g/mol. The lowest BCUT2D eigenvalue weighted by atomic mass is 10.1. The molecule has 1 N–H and O–H groups in total. The van der Waals surface area contributed by atoms with Gasteiger partial charge in [-0.2, -0.15) is 0 Å². The van der Waals surface area contributed by atoms with Crippen molar-refractivity contribution >= 4 is 17.4 Å². The van der Waals surface area contributed by atoms with Crippen molar-refractivity contribution in [2.75, 3.05) is 11.9 Å². The predicted molar refractivity (Wildman–Crippen MR) is 90.7 cm³/mol. The highest BCUT2D eigenvalue weighted by atomic mass is 19.1. The number of benzene rings is 2. The first kappa shape index (κ1) is 18.6. The van der Waals surface area contributed by atoms with Gasteiger partial charge in [0, 0.05) is 23.7 Å². The van der Waals surface area contributed by atoms with E-state index in [1.165, 1.54) is 0 Å². The molecule has 0 saturated heterocycles. The van der Waals surface area contributed by atoms with Crippen LogP contribution in [0.15, 0.2) is 42.5 Å². The fourth-order valence-electron chi connectivity index (χ4n) is 2.14. The molecule has 0 spiro atoms. The van der Waals surface area contributed by atoms with Gasteiger partial charge < -0.3 is 10.1 Å². The summed E-state index contributed by atoms with van der Waals surface area (Å²) < 4.78 is 31.4. The molecular formula is C19H19F2NO3. The van der Waals surface area contributed by atoms with E-state index in [0.29, 0.717) is 23.7 Å². The van der Waals surface area contributed by atoms with E-state index in [9.17, 15) is 18.4 Å². The normalized spacial score (nSPS) is 10.6. The molecule has 2 rings (SSSR count). The largest absolute Gasteiger partial charge is 0.482 e. The minimum atomic E-state index is -0.865. The molecule has 0 aliphatic rings. The summed E-state index contributed by atoms with van der Waals surface area (Å²) in [5.41, 5.74) is 0.956. The topological polar surface area (TPSA) is 55.4 Å². The Balaban J connectivity index is 1.92. The third kappa shape index (κ3) is 5.67. The van der Waals surface area contributed by atoms with Crippen molar-refractivity contribution < 1.29 is 23.1 Å². The number of hydrogen-bond donors (Lipinski definition) is 1. The summed E-state index contributed by atoms with van der Waals surface area (Å²) in [6.45, 7) is 3.53. The minimum absolute atomic E-state index is 0.0933. The molecule has 1 amide bonds. The maximum absolute atomic E-state index is 13.5. The average molecular weight is 347 g/mol. The Morgan fingerprint density at radius 1 is 1.08 bits per heavy atom. The number of halogens is 2. The second kappa shape index (κ2) is 8.37. The summed E-state index contributed by atoms with van der Waals surface area (Å²) in [6, 6.07) is 9.21. The molecule has 25 heavy (non-hydrogen) atoms. The van der Waals surface area contributed by atoms with Crippen LogP contribution in [-0.2, 0) is 4.79 Å². The molecule has 6 heteroatoms. The minimum Gasteiger partial charge on any atom is -0.482 e. The standard InChI is InChI=1S/C19H19F2NO3/c1-12(2)9-19(24)22-15-6-3-13(4-7-15)17(23)11-25-18-8-5-14(20)10-16(18)21/h3-8,10,12H,9,11H2,1-2H3,(H,22,24). The zero-order valence-electron chi connectivity index (χ0n) is 14.0. The van der Waals surface area contributed by atoms with Crippen molar-refractivity contribution in [3.05, 3.63) is 59.7 Å². The van der Waals surface area contributed by atoms with Gasteiger partial charge in [-0.15, -0.1) is 0 Å². The Bertz CT molecular complexity index is 758. The van der Waals surface area contributed by atoms with Crippen LogP contribution in [0.3, 0.4) is 0 Å². The molecule has 0 atom stereocenters. The highest BCUT2D eigenvalue weighted by Gasteiger charge is 2.11. The Morgan fingerprint density at radius 3 is 2.36 bits per heavy atom. The van der Waals surface area contributed by atoms with Gasteiger partial charge in [-0.3, -0.25) is 9.59 Å². The van der Waals surface area contributed by atoms with Crippen molar-refractivity contribution in [3.8, 4) is 5.75 Å². The van der Waals surface area contributed by atoms with E-state index in [0.717, 1.165) is 12.1 Å². The van der Waals surface area contributed by atoms with Crippen LogP contribution in [0.5, 0.6) is 5.75 Å². The van der Waals surface area contributed by atoms with Gasteiger partial charge >= 0.3 is 0 Å². The summed E-state index contributed by atoms with van der Waals surface area (Å²) >= 11 is 0. The van der Waals surface area contributed by atoms with Gasteiger partial charge in [-0.1, -0.05) is 13.8 Å². The molecule has 0 aliphatic heterocycles. The molecule has 0 unspecified atom stereocenters. The number of nitrogens with one attached hydrogen (secondary N) is 1. The lowest BCUT2D eigenvalue weighted by Crippen LogP contribution is -2.14. The fourth-order valence-corrected chi connectivity index (χ4v) is 2.14. The van der Waals surface area contributed by atoms with Gasteiger partial charge in [-0.05, 0) is 42.3 Å². The molecule has 4 nitrogen and oxygen atoms in total. The SMILES string of the molecule is CC(C)CC(=O)Nc1ccc(C(=O)COc2ccc(F)cc2F)cc1. The summed E-state index contributed by atoms with van der Waals surface area (Å²) in [7, 11) is 0. The fraction of sp³-hybridized carbons (Fsp3) is 0.263. The summed E-state index contributed by atoms with van der Waals surface area (Å²) in [4.78, 5) is 23.8. The number of Topliss-reactive ketones (excluding diaryl/α,β-unsaturated/α-hetero) is 1. The lowest BCUT2D eigenvalue weighted by Gasteiger charge is -2.09. The first-order valence-electron chi connectivity index (χ1n) is 7.86.